The smallest absolute Gasteiger partial charge is 0.339 e. The molecule has 1 aliphatic heterocycles. The highest BCUT2D eigenvalue weighted by molar-refractivity contribution is 9.10. The van der Waals surface area contributed by atoms with Crippen molar-refractivity contribution in [1.29, 1.82) is 0 Å². The molecular formula is C30H35BrClN3O5. The molecule has 0 aliphatic carbocycles. The van der Waals surface area contributed by atoms with Gasteiger partial charge in [0, 0.05) is 24.1 Å². The monoisotopic (exact) mass is 631 g/mol. The van der Waals surface area contributed by atoms with Gasteiger partial charge in [0.1, 0.15) is 17.1 Å². The molecule has 1 fully saturated rings. The van der Waals surface area contributed by atoms with Crippen LogP contribution >= 0.6 is 28.3 Å². The van der Waals surface area contributed by atoms with Gasteiger partial charge in [0.2, 0.25) is 5.91 Å². The summed E-state index contributed by atoms with van der Waals surface area (Å²) in [5, 5.41) is 11.1. The van der Waals surface area contributed by atoms with Crippen LogP contribution in [-0.4, -0.2) is 50.8 Å². The van der Waals surface area contributed by atoms with Crippen LogP contribution < -0.4 is 24.8 Å². The molecule has 8 nitrogen and oxygen atoms in total. The van der Waals surface area contributed by atoms with E-state index in [1.807, 2.05) is 42.5 Å². The van der Waals surface area contributed by atoms with Gasteiger partial charge in [0.05, 0.1) is 32.0 Å². The molecule has 4 rings (SSSR count). The molecule has 2 N–H and O–H groups in total. The number of ether oxygens (including phenoxy) is 2. The third kappa shape index (κ3) is 7.68. The summed E-state index contributed by atoms with van der Waals surface area (Å²) in [6.45, 7) is 2.43. The number of carbonyl (C=O) groups is 2. The minimum Gasteiger partial charge on any atom is -0.497 e. The first-order valence-corrected chi connectivity index (χ1v) is 13.8. The van der Waals surface area contributed by atoms with Gasteiger partial charge in [0.15, 0.2) is 0 Å². The van der Waals surface area contributed by atoms with Crippen molar-refractivity contribution in [1.82, 2.24) is 5.43 Å². The van der Waals surface area contributed by atoms with Crippen LogP contribution in [0.15, 0.2) is 65.1 Å². The lowest BCUT2D eigenvalue weighted by atomic mass is 10.1. The summed E-state index contributed by atoms with van der Waals surface area (Å²) in [6, 6.07) is 18.9. The highest BCUT2D eigenvalue weighted by Crippen LogP contribution is 2.32. The lowest BCUT2D eigenvalue weighted by molar-refractivity contribution is -0.118. The minimum atomic E-state index is -1.09. The maximum atomic E-state index is 13.9. The SMILES string of the molecule is COc1ccc(CCNN(C(=O)Cc2cc(OC)c(C(=O)O)cc2Br)c2ccccc2N2CCCCC2)cc1.Cl. The van der Waals surface area contributed by atoms with Crippen LogP contribution in [0.2, 0.25) is 0 Å². The first-order chi connectivity index (χ1) is 18.9. The number of halogens is 2. The number of aromatic carboxylic acids is 1. The van der Waals surface area contributed by atoms with Crippen LogP contribution in [0.3, 0.4) is 0 Å². The molecule has 40 heavy (non-hydrogen) atoms. The number of para-hydroxylation sites is 2. The Balaban J connectivity index is 0.00000441. The predicted molar refractivity (Wildman–Crippen MR) is 163 cm³/mol. The van der Waals surface area contributed by atoms with Gasteiger partial charge < -0.3 is 19.5 Å². The van der Waals surface area contributed by atoms with Gasteiger partial charge in [-0.05, 0) is 73.2 Å². The Morgan fingerprint density at radius 3 is 2.35 bits per heavy atom. The molecule has 1 saturated heterocycles. The normalized spacial score (nSPS) is 12.8. The molecule has 0 atom stereocenters. The average Bonchev–Trinajstić information content (AvgIpc) is 2.96. The molecule has 1 amide bonds. The molecular weight excluding hydrogens is 598 g/mol. The average molecular weight is 633 g/mol. The van der Waals surface area contributed by atoms with Gasteiger partial charge in [0.25, 0.3) is 0 Å². The van der Waals surface area contributed by atoms with Gasteiger partial charge in [-0.3, -0.25) is 4.79 Å². The number of anilines is 2. The van der Waals surface area contributed by atoms with Crippen LogP contribution in [0.25, 0.3) is 0 Å². The first-order valence-electron chi connectivity index (χ1n) is 13.0. The Morgan fingerprint density at radius 1 is 1.00 bits per heavy atom. The fourth-order valence-corrected chi connectivity index (χ4v) is 5.26. The molecule has 1 aliphatic rings. The second kappa shape index (κ2) is 14.9. The Labute approximate surface area is 249 Å². The van der Waals surface area contributed by atoms with Crippen molar-refractivity contribution in [2.75, 3.05) is 43.8 Å². The fraction of sp³-hybridized carbons (Fsp3) is 0.333. The largest absolute Gasteiger partial charge is 0.497 e. The summed E-state index contributed by atoms with van der Waals surface area (Å²) in [4.78, 5) is 27.9. The maximum absolute atomic E-state index is 13.9. The highest BCUT2D eigenvalue weighted by atomic mass is 79.9. The van der Waals surface area contributed by atoms with Crippen molar-refractivity contribution in [2.45, 2.75) is 32.1 Å². The van der Waals surface area contributed by atoms with Crippen molar-refractivity contribution in [3.8, 4) is 11.5 Å². The number of nitrogens with zero attached hydrogens (tertiary/aromatic N) is 2. The van der Waals surface area contributed by atoms with Crippen molar-refractivity contribution in [3.05, 3.63) is 81.8 Å². The van der Waals surface area contributed by atoms with Gasteiger partial charge >= 0.3 is 5.97 Å². The Hall–Kier alpha value is -3.27. The Bertz CT molecular complexity index is 1300. The van der Waals surface area contributed by atoms with Crippen molar-refractivity contribution < 1.29 is 24.2 Å². The van der Waals surface area contributed by atoms with Gasteiger partial charge in [-0.2, -0.15) is 0 Å². The van der Waals surface area contributed by atoms with E-state index in [2.05, 4.69) is 32.3 Å². The van der Waals surface area contributed by atoms with Crippen LogP contribution in [-0.2, 0) is 17.6 Å². The topological polar surface area (TPSA) is 91.3 Å². The van der Waals surface area contributed by atoms with E-state index < -0.39 is 5.97 Å². The van der Waals surface area contributed by atoms with E-state index in [1.165, 1.54) is 19.6 Å². The van der Waals surface area contributed by atoms with Crippen molar-refractivity contribution >= 4 is 51.6 Å². The summed E-state index contributed by atoms with van der Waals surface area (Å²) in [7, 11) is 3.06. The lowest BCUT2D eigenvalue weighted by Crippen LogP contribution is -2.46. The second-order valence-corrected chi connectivity index (χ2v) is 10.3. The number of hydrogen-bond donors (Lipinski definition) is 2. The number of rotatable bonds is 11. The number of methoxy groups -OCH3 is 2. The molecule has 0 aromatic heterocycles. The molecule has 0 spiro atoms. The van der Waals surface area contributed by atoms with E-state index in [0.29, 0.717) is 23.0 Å². The summed E-state index contributed by atoms with van der Waals surface area (Å²) >= 11 is 3.46. The molecule has 0 bridgehead atoms. The van der Waals surface area contributed by atoms with Crippen LogP contribution in [0.1, 0.15) is 40.7 Å². The van der Waals surface area contributed by atoms with E-state index in [-0.39, 0.29) is 36.0 Å². The standard InChI is InChI=1S/C30H34BrN3O5.ClH/c1-38-23-12-10-21(11-13-23)14-15-32-34(27-9-5-4-8-26(27)33-16-6-3-7-17-33)29(35)19-22-18-28(39-2)24(30(36)37)20-25(22)31;/h4-5,8-13,18,20,32H,3,6-7,14-17,19H2,1-2H3,(H,36,37);1H. The third-order valence-corrected chi connectivity index (χ3v) is 7.59. The van der Waals surface area contributed by atoms with E-state index in [1.54, 1.807) is 18.2 Å². The minimum absolute atomic E-state index is 0. The number of hydrazine groups is 1. The number of carboxylic acids is 1. The highest BCUT2D eigenvalue weighted by Gasteiger charge is 2.24. The molecule has 0 saturated carbocycles. The maximum Gasteiger partial charge on any atom is 0.339 e. The van der Waals surface area contributed by atoms with Crippen LogP contribution in [0, 0.1) is 0 Å². The molecule has 1 heterocycles. The van der Waals surface area contributed by atoms with Crippen LogP contribution in [0.5, 0.6) is 11.5 Å². The lowest BCUT2D eigenvalue weighted by Gasteiger charge is -2.34. The molecule has 10 heteroatoms. The first kappa shape index (κ1) is 31.3. The summed E-state index contributed by atoms with van der Waals surface area (Å²) in [5.74, 6) is -0.252. The number of piperidine rings is 1. The summed E-state index contributed by atoms with van der Waals surface area (Å²) < 4.78 is 11.1. The van der Waals surface area contributed by atoms with Crippen molar-refractivity contribution in [3.63, 3.8) is 0 Å². The summed E-state index contributed by atoms with van der Waals surface area (Å²) in [5.41, 5.74) is 6.98. The van der Waals surface area contributed by atoms with E-state index in [9.17, 15) is 14.7 Å². The van der Waals surface area contributed by atoms with Gasteiger partial charge in [-0.1, -0.05) is 40.2 Å². The number of nitrogens with one attached hydrogen (secondary N) is 1. The number of hydrogen-bond acceptors (Lipinski definition) is 6. The quantitative estimate of drug-likeness (QED) is 0.255. The third-order valence-electron chi connectivity index (χ3n) is 6.85. The van der Waals surface area contributed by atoms with E-state index in [4.69, 9.17) is 9.47 Å². The molecule has 214 valence electrons. The number of carboxylic acid groups (broad SMARTS) is 1. The molecule has 3 aromatic carbocycles. The zero-order valence-electron chi connectivity index (χ0n) is 22.7. The molecule has 0 radical (unpaired) electrons. The molecule has 3 aromatic rings. The zero-order valence-corrected chi connectivity index (χ0v) is 25.1. The molecule has 0 unspecified atom stereocenters. The van der Waals surface area contributed by atoms with Crippen LogP contribution in [0.4, 0.5) is 11.4 Å². The van der Waals surface area contributed by atoms with E-state index >= 15 is 0 Å². The fourth-order valence-electron chi connectivity index (χ4n) is 4.78. The van der Waals surface area contributed by atoms with E-state index in [0.717, 1.165) is 48.6 Å². The Kier molecular flexibility index (Phi) is 11.7. The number of benzene rings is 3. The predicted octanol–water partition coefficient (Wildman–Crippen LogP) is 5.90. The second-order valence-electron chi connectivity index (χ2n) is 9.40. The zero-order chi connectivity index (χ0) is 27.8. The number of amides is 1. The summed E-state index contributed by atoms with van der Waals surface area (Å²) in [6.07, 6.45) is 4.21. The van der Waals surface area contributed by atoms with Gasteiger partial charge in [-0.15, -0.1) is 12.4 Å². The van der Waals surface area contributed by atoms with Gasteiger partial charge in [-0.25, -0.2) is 15.2 Å². The Morgan fingerprint density at radius 2 is 1.70 bits per heavy atom. The number of carbonyl (C=O) groups excluding carboxylic acids is 1. The van der Waals surface area contributed by atoms with Crippen molar-refractivity contribution in [2.24, 2.45) is 0 Å².